The molecular weight excluding hydrogens is 363 g/mol. The summed E-state index contributed by atoms with van der Waals surface area (Å²) in [5.74, 6) is -0.646. The molecule has 0 unspecified atom stereocenters. The van der Waals surface area contributed by atoms with Crippen LogP contribution in [0.4, 0.5) is 15.8 Å². The van der Waals surface area contributed by atoms with Gasteiger partial charge in [0, 0.05) is 31.4 Å². The summed E-state index contributed by atoms with van der Waals surface area (Å²) >= 11 is 0. The average molecular weight is 392 g/mol. The van der Waals surface area contributed by atoms with E-state index in [0.717, 1.165) is 19.4 Å². The van der Waals surface area contributed by atoms with E-state index in [0.29, 0.717) is 30.8 Å². The van der Waals surface area contributed by atoms with Crippen LogP contribution in [0.3, 0.4) is 0 Å². The van der Waals surface area contributed by atoms with Crippen molar-refractivity contribution in [2.24, 2.45) is 11.7 Å². The minimum Gasteiger partial charge on any atom is -0.370 e. The number of hydrogen-bond donors (Lipinski definition) is 2. The topological polar surface area (TPSA) is 87.9 Å². The van der Waals surface area contributed by atoms with Crippen molar-refractivity contribution >= 4 is 23.2 Å². The van der Waals surface area contributed by atoms with E-state index in [2.05, 4.69) is 24.1 Å². The molecule has 7 nitrogen and oxygen atoms in total. The molecule has 8 heteroatoms. The number of nitrogens with zero attached hydrogens (tertiary/aromatic N) is 2. The van der Waals surface area contributed by atoms with Gasteiger partial charge in [0.1, 0.15) is 18.5 Å². The molecule has 154 valence electrons. The molecule has 1 atom stereocenters. The van der Waals surface area contributed by atoms with E-state index in [1.807, 2.05) is 0 Å². The van der Waals surface area contributed by atoms with E-state index in [9.17, 15) is 14.0 Å². The quantitative estimate of drug-likeness (QED) is 0.701. The summed E-state index contributed by atoms with van der Waals surface area (Å²) in [5.41, 5.74) is 6.45. The van der Waals surface area contributed by atoms with E-state index in [1.165, 1.54) is 17.0 Å². The van der Waals surface area contributed by atoms with Gasteiger partial charge in [0.2, 0.25) is 5.91 Å². The van der Waals surface area contributed by atoms with Crippen molar-refractivity contribution in [1.82, 2.24) is 4.90 Å². The predicted octanol–water partition coefficient (Wildman–Crippen LogP) is 1.58. The number of hydrogen-bond acceptors (Lipinski definition) is 5. The summed E-state index contributed by atoms with van der Waals surface area (Å²) in [7, 11) is 0. The van der Waals surface area contributed by atoms with Gasteiger partial charge in [0.25, 0.3) is 5.91 Å². The lowest BCUT2D eigenvalue weighted by atomic mass is 10.1. The van der Waals surface area contributed by atoms with Crippen LogP contribution >= 0.6 is 0 Å². The third-order valence-electron chi connectivity index (χ3n) is 5.01. The summed E-state index contributed by atoms with van der Waals surface area (Å²) in [6.07, 6.45) is 2.15. The van der Waals surface area contributed by atoms with Crippen molar-refractivity contribution in [2.45, 2.75) is 38.8 Å². The Labute approximate surface area is 165 Å². The lowest BCUT2D eigenvalue weighted by molar-refractivity contribution is -0.125. The smallest absolute Gasteiger partial charge is 0.253 e. The maximum Gasteiger partial charge on any atom is 0.253 e. The lowest BCUT2D eigenvalue weighted by Gasteiger charge is -2.31. The first-order valence-electron chi connectivity index (χ1n) is 9.85. The minimum absolute atomic E-state index is 0.0526. The molecule has 1 saturated carbocycles. The Morgan fingerprint density at radius 2 is 2.18 bits per heavy atom. The van der Waals surface area contributed by atoms with Crippen molar-refractivity contribution in [2.75, 3.05) is 43.1 Å². The molecule has 1 saturated heterocycles. The van der Waals surface area contributed by atoms with Gasteiger partial charge in [-0.2, -0.15) is 0 Å². The minimum atomic E-state index is -0.557. The summed E-state index contributed by atoms with van der Waals surface area (Å²) in [6, 6.07) is 4.31. The van der Waals surface area contributed by atoms with Crippen LogP contribution in [0.5, 0.6) is 0 Å². The van der Waals surface area contributed by atoms with Crippen molar-refractivity contribution in [3.63, 3.8) is 0 Å². The fraction of sp³-hybridized carbons (Fsp3) is 0.600. The number of nitrogens with two attached hydrogens (primary N) is 1. The first kappa shape index (κ1) is 20.7. The van der Waals surface area contributed by atoms with Gasteiger partial charge in [0.15, 0.2) is 0 Å². The highest BCUT2D eigenvalue weighted by molar-refractivity contribution is 5.97. The first-order chi connectivity index (χ1) is 13.4. The largest absolute Gasteiger partial charge is 0.370 e. The Bertz CT molecular complexity index is 723. The van der Waals surface area contributed by atoms with E-state index in [-0.39, 0.29) is 30.7 Å². The van der Waals surface area contributed by atoms with Gasteiger partial charge in [-0.3, -0.25) is 14.5 Å². The third-order valence-corrected chi connectivity index (χ3v) is 5.01. The van der Waals surface area contributed by atoms with Crippen molar-refractivity contribution in [3.8, 4) is 0 Å². The number of nitrogens with one attached hydrogen (secondary N) is 1. The fourth-order valence-corrected chi connectivity index (χ4v) is 3.55. The van der Waals surface area contributed by atoms with Gasteiger partial charge >= 0.3 is 0 Å². The summed E-state index contributed by atoms with van der Waals surface area (Å²) in [6.45, 7) is 5.86. The molecule has 3 rings (SSSR count). The molecule has 2 amide bonds. The van der Waals surface area contributed by atoms with E-state index in [1.54, 1.807) is 6.07 Å². The van der Waals surface area contributed by atoms with Crippen LogP contribution in [-0.4, -0.2) is 61.6 Å². The van der Waals surface area contributed by atoms with Gasteiger partial charge < -0.3 is 20.7 Å². The van der Waals surface area contributed by atoms with Gasteiger partial charge in [-0.1, -0.05) is 13.8 Å². The van der Waals surface area contributed by atoms with Crippen molar-refractivity contribution in [1.29, 1.82) is 0 Å². The van der Waals surface area contributed by atoms with Crippen LogP contribution in [0.1, 0.15) is 26.7 Å². The number of anilines is 2. The normalized spacial score (nSPS) is 18.6. The molecule has 1 aromatic carbocycles. The molecule has 0 bridgehead atoms. The maximum absolute atomic E-state index is 14.6. The molecule has 1 aromatic rings. The Morgan fingerprint density at radius 3 is 2.75 bits per heavy atom. The van der Waals surface area contributed by atoms with Crippen LogP contribution in [0, 0.1) is 11.7 Å². The van der Waals surface area contributed by atoms with Crippen molar-refractivity contribution < 1.29 is 18.7 Å². The van der Waals surface area contributed by atoms with Gasteiger partial charge in [-0.15, -0.1) is 0 Å². The van der Waals surface area contributed by atoms with Crippen LogP contribution in [0.2, 0.25) is 0 Å². The standard InChI is InChI=1S/C20H29FN4O3/c1-13(2)11-25(15-4-5-15)18(10-22)20(27)23-14-3-6-17(16(21)9-14)24-7-8-28-12-19(24)26/h3,6,9,13,15,18H,4-5,7-8,10-12,22H2,1-2H3,(H,23,27)/t18-/m0/s1. The first-order valence-corrected chi connectivity index (χ1v) is 9.85. The molecule has 28 heavy (non-hydrogen) atoms. The monoisotopic (exact) mass is 392 g/mol. The Kier molecular flexibility index (Phi) is 6.64. The van der Waals surface area contributed by atoms with Crippen LogP contribution in [-0.2, 0) is 14.3 Å². The SMILES string of the molecule is CC(C)CN(C1CC1)[C@@H](CN)C(=O)Nc1ccc(N2CCOCC2=O)c(F)c1. The number of benzene rings is 1. The highest BCUT2D eigenvalue weighted by atomic mass is 19.1. The Morgan fingerprint density at radius 1 is 1.43 bits per heavy atom. The molecule has 2 aliphatic rings. The molecule has 0 spiro atoms. The second kappa shape index (κ2) is 8.98. The van der Waals surface area contributed by atoms with Gasteiger partial charge in [0.05, 0.1) is 12.3 Å². The zero-order chi connectivity index (χ0) is 20.3. The van der Waals surface area contributed by atoms with Crippen LogP contribution in [0.15, 0.2) is 18.2 Å². The average Bonchev–Trinajstić information content (AvgIpc) is 3.47. The molecule has 1 heterocycles. The maximum atomic E-state index is 14.6. The van der Waals surface area contributed by atoms with Gasteiger partial charge in [-0.25, -0.2) is 4.39 Å². The third kappa shape index (κ3) is 4.87. The van der Waals surface area contributed by atoms with E-state index in [4.69, 9.17) is 10.5 Å². The molecular formula is C20H29FN4O3. The number of ether oxygens (including phenoxy) is 1. The van der Waals surface area contributed by atoms with E-state index < -0.39 is 11.9 Å². The number of halogens is 1. The number of rotatable bonds is 8. The van der Waals surface area contributed by atoms with E-state index >= 15 is 0 Å². The Hall–Kier alpha value is -2.03. The Balaban J connectivity index is 1.70. The molecule has 2 fully saturated rings. The lowest BCUT2D eigenvalue weighted by Crippen LogP contribution is -2.51. The fourth-order valence-electron chi connectivity index (χ4n) is 3.55. The summed E-state index contributed by atoms with van der Waals surface area (Å²) < 4.78 is 19.7. The zero-order valence-corrected chi connectivity index (χ0v) is 16.5. The van der Waals surface area contributed by atoms with Crippen LogP contribution < -0.4 is 16.0 Å². The number of amides is 2. The second-order valence-electron chi connectivity index (χ2n) is 7.83. The summed E-state index contributed by atoms with van der Waals surface area (Å²) in [4.78, 5) is 28.3. The molecule has 3 N–H and O–H groups in total. The molecule has 0 aromatic heterocycles. The number of morpholine rings is 1. The number of carbonyl (C=O) groups excluding carboxylic acids is 2. The summed E-state index contributed by atoms with van der Waals surface area (Å²) in [5, 5.41) is 2.78. The highest BCUT2D eigenvalue weighted by Gasteiger charge is 2.37. The predicted molar refractivity (Wildman–Crippen MR) is 106 cm³/mol. The molecule has 1 aliphatic heterocycles. The number of carbonyl (C=O) groups is 2. The van der Waals surface area contributed by atoms with Crippen LogP contribution in [0.25, 0.3) is 0 Å². The highest BCUT2D eigenvalue weighted by Crippen LogP contribution is 2.30. The van der Waals surface area contributed by atoms with Gasteiger partial charge in [-0.05, 0) is 37.0 Å². The molecule has 1 aliphatic carbocycles. The molecule has 0 radical (unpaired) electrons. The van der Waals surface area contributed by atoms with Crippen molar-refractivity contribution in [3.05, 3.63) is 24.0 Å². The second-order valence-corrected chi connectivity index (χ2v) is 7.83. The zero-order valence-electron chi connectivity index (χ0n) is 16.5.